The lowest BCUT2D eigenvalue weighted by Crippen LogP contribution is -2.34. The highest BCUT2D eigenvalue weighted by Crippen LogP contribution is 2.31. The molecule has 3 rings (SSSR count). The Kier molecular flexibility index (Phi) is 7.11. The molecule has 0 fully saturated rings. The summed E-state index contributed by atoms with van der Waals surface area (Å²) < 4.78 is 21.3. The first-order valence-corrected chi connectivity index (χ1v) is 9.61. The van der Waals surface area contributed by atoms with Crippen LogP contribution in [0.2, 0.25) is 0 Å². The molecule has 162 valence electrons. The van der Waals surface area contributed by atoms with Gasteiger partial charge < -0.3 is 29.1 Å². The SMILES string of the molecule is COc1cc(OC)cc(C(=O)NC(=S)Nc2cc(-c3ccc(CO)o3)ccc2OC)c1. The number of anilines is 1. The molecule has 0 bridgehead atoms. The van der Waals surface area contributed by atoms with E-state index in [2.05, 4.69) is 10.6 Å². The minimum absolute atomic E-state index is 0.0812. The lowest BCUT2D eigenvalue weighted by atomic mass is 10.1. The van der Waals surface area contributed by atoms with Gasteiger partial charge in [-0.25, -0.2) is 0 Å². The standard InChI is InChI=1S/C22H22N2O6S/c1-27-16-8-14(9-17(11-16)28-2)21(26)24-22(31)23-18-10-13(4-6-20(18)29-3)19-7-5-15(12-25)30-19/h4-11,25H,12H2,1-3H3,(H2,23,24,26,31). The lowest BCUT2D eigenvalue weighted by molar-refractivity contribution is 0.0977. The van der Waals surface area contributed by atoms with Gasteiger partial charge >= 0.3 is 0 Å². The van der Waals surface area contributed by atoms with Crippen molar-refractivity contribution in [3.63, 3.8) is 0 Å². The van der Waals surface area contributed by atoms with E-state index < -0.39 is 5.91 Å². The second-order valence-corrected chi connectivity index (χ2v) is 6.76. The van der Waals surface area contributed by atoms with Gasteiger partial charge in [-0.2, -0.15) is 0 Å². The molecule has 8 nitrogen and oxygen atoms in total. The molecule has 3 N–H and O–H groups in total. The molecule has 0 unspecified atom stereocenters. The van der Waals surface area contributed by atoms with Crippen LogP contribution in [-0.4, -0.2) is 37.5 Å². The molecule has 0 atom stereocenters. The molecule has 0 aliphatic heterocycles. The molecule has 9 heteroatoms. The molecule has 0 saturated carbocycles. The van der Waals surface area contributed by atoms with Gasteiger partial charge in [-0.15, -0.1) is 0 Å². The van der Waals surface area contributed by atoms with Crippen molar-refractivity contribution in [1.82, 2.24) is 5.32 Å². The third-order valence-corrected chi connectivity index (χ3v) is 4.59. The van der Waals surface area contributed by atoms with E-state index in [1.54, 1.807) is 42.5 Å². The average molecular weight is 442 g/mol. The van der Waals surface area contributed by atoms with Crippen molar-refractivity contribution in [1.29, 1.82) is 0 Å². The number of benzene rings is 2. The monoisotopic (exact) mass is 442 g/mol. The van der Waals surface area contributed by atoms with Crippen molar-refractivity contribution >= 4 is 28.9 Å². The summed E-state index contributed by atoms with van der Waals surface area (Å²) in [7, 11) is 4.54. The molecule has 0 spiro atoms. The van der Waals surface area contributed by atoms with Gasteiger partial charge in [-0.1, -0.05) is 0 Å². The van der Waals surface area contributed by atoms with Crippen LogP contribution >= 0.6 is 12.2 Å². The Morgan fingerprint density at radius 1 is 1.00 bits per heavy atom. The van der Waals surface area contributed by atoms with E-state index >= 15 is 0 Å². The lowest BCUT2D eigenvalue weighted by Gasteiger charge is -2.14. The molecule has 1 heterocycles. The first-order valence-electron chi connectivity index (χ1n) is 9.20. The van der Waals surface area contributed by atoms with Crippen LogP contribution in [0.5, 0.6) is 17.2 Å². The van der Waals surface area contributed by atoms with Gasteiger partial charge in [0, 0.05) is 17.2 Å². The largest absolute Gasteiger partial charge is 0.497 e. The van der Waals surface area contributed by atoms with Crippen LogP contribution in [0.4, 0.5) is 5.69 Å². The molecule has 0 aliphatic rings. The summed E-state index contributed by atoms with van der Waals surface area (Å²) in [5.74, 6) is 2.10. The zero-order chi connectivity index (χ0) is 22.4. The molecule has 0 saturated heterocycles. The van der Waals surface area contributed by atoms with E-state index in [9.17, 15) is 9.90 Å². The molecule has 0 aliphatic carbocycles. The number of ether oxygens (including phenoxy) is 3. The van der Waals surface area contributed by atoms with Gasteiger partial charge in [0.2, 0.25) is 0 Å². The summed E-state index contributed by atoms with van der Waals surface area (Å²) >= 11 is 5.31. The average Bonchev–Trinajstić information content (AvgIpc) is 3.27. The first-order chi connectivity index (χ1) is 15.0. The Balaban J connectivity index is 1.78. The number of hydrogen-bond donors (Lipinski definition) is 3. The maximum absolute atomic E-state index is 12.6. The molecule has 1 aromatic heterocycles. The van der Waals surface area contributed by atoms with Crippen molar-refractivity contribution in [3.05, 3.63) is 59.9 Å². The number of amides is 1. The van der Waals surface area contributed by atoms with E-state index in [-0.39, 0.29) is 11.7 Å². The smallest absolute Gasteiger partial charge is 0.257 e. The summed E-state index contributed by atoms with van der Waals surface area (Å²) in [4.78, 5) is 12.6. The molecular weight excluding hydrogens is 420 g/mol. The zero-order valence-corrected chi connectivity index (χ0v) is 18.0. The zero-order valence-electron chi connectivity index (χ0n) is 17.2. The van der Waals surface area contributed by atoms with E-state index in [1.807, 2.05) is 6.07 Å². The van der Waals surface area contributed by atoms with Crippen LogP contribution < -0.4 is 24.8 Å². The molecular formula is C22H22N2O6S. The van der Waals surface area contributed by atoms with Crippen molar-refractivity contribution in [2.45, 2.75) is 6.61 Å². The number of hydrogen-bond acceptors (Lipinski definition) is 7. The van der Waals surface area contributed by atoms with Crippen LogP contribution in [0, 0.1) is 0 Å². The second kappa shape index (κ2) is 9.96. The highest BCUT2D eigenvalue weighted by atomic mass is 32.1. The second-order valence-electron chi connectivity index (χ2n) is 6.35. The minimum Gasteiger partial charge on any atom is -0.497 e. The van der Waals surface area contributed by atoms with Gasteiger partial charge in [0.15, 0.2) is 5.11 Å². The fourth-order valence-corrected chi connectivity index (χ4v) is 3.05. The Labute approximate surface area is 184 Å². The number of furan rings is 1. The Bertz CT molecular complexity index is 1070. The number of aliphatic hydroxyl groups excluding tert-OH is 1. The molecule has 0 radical (unpaired) electrons. The maximum atomic E-state index is 12.6. The fourth-order valence-electron chi connectivity index (χ4n) is 2.84. The van der Waals surface area contributed by atoms with E-state index in [4.69, 9.17) is 30.8 Å². The highest BCUT2D eigenvalue weighted by molar-refractivity contribution is 7.80. The predicted octanol–water partition coefficient (Wildman–Crippen LogP) is 3.59. The topological polar surface area (TPSA) is 102 Å². The number of thiocarbonyl (C=S) groups is 1. The Morgan fingerprint density at radius 3 is 2.29 bits per heavy atom. The highest BCUT2D eigenvalue weighted by Gasteiger charge is 2.14. The van der Waals surface area contributed by atoms with Crippen LogP contribution in [0.15, 0.2) is 52.9 Å². The third kappa shape index (κ3) is 5.33. The van der Waals surface area contributed by atoms with Crippen molar-refractivity contribution in [3.8, 4) is 28.6 Å². The number of carbonyl (C=O) groups excluding carboxylic acids is 1. The summed E-state index contributed by atoms with van der Waals surface area (Å²) in [5.41, 5.74) is 1.61. The fraction of sp³-hybridized carbons (Fsp3) is 0.182. The molecule has 1 amide bonds. The number of methoxy groups -OCH3 is 3. The van der Waals surface area contributed by atoms with E-state index in [0.717, 1.165) is 5.56 Å². The maximum Gasteiger partial charge on any atom is 0.257 e. The number of carbonyl (C=O) groups is 1. The van der Waals surface area contributed by atoms with E-state index in [0.29, 0.717) is 40.0 Å². The van der Waals surface area contributed by atoms with Crippen molar-refractivity contribution in [2.24, 2.45) is 0 Å². The Morgan fingerprint density at radius 2 is 1.71 bits per heavy atom. The summed E-state index contributed by atoms with van der Waals surface area (Å²) in [6.45, 7) is -0.188. The van der Waals surface area contributed by atoms with Crippen LogP contribution in [0.25, 0.3) is 11.3 Å². The van der Waals surface area contributed by atoms with Crippen molar-refractivity contribution < 1.29 is 28.5 Å². The molecule has 31 heavy (non-hydrogen) atoms. The van der Waals surface area contributed by atoms with Crippen LogP contribution in [-0.2, 0) is 6.61 Å². The van der Waals surface area contributed by atoms with Gasteiger partial charge in [-0.3, -0.25) is 10.1 Å². The van der Waals surface area contributed by atoms with Gasteiger partial charge in [0.1, 0.15) is 35.4 Å². The molecule has 3 aromatic rings. The van der Waals surface area contributed by atoms with Crippen LogP contribution in [0.1, 0.15) is 16.1 Å². The quantitative estimate of drug-likeness (QED) is 0.477. The normalized spacial score (nSPS) is 10.3. The van der Waals surface area contributed by atoms with Gasteiger partial charge in [0.25, 0.3) is 5.91 Å². The van der Waals surface area contributed by atoms with Gasteiger partial charge in [-0.05, 0) is 54.7 Å². The van der Waals surface area contributed by atoms with Crippen molar-refractivity contribution in [2.75, 3.05) is 26.6 Å². The van der Waals surface area contributed by atoms with E-state index in [1.165, 1.54) is 21.3 Å². The number of nitrogens with one attached hydrogen (secondary N) is 2. The third-order valence-electron chi connectivity index (χ3n) is 4.39. The first kappa shape index (κ1) is 22.1. The summed E-state index contributed by atoms with van der Waals surface area (Å²) in [6, 6.07) is 13.6. The number of rotatable bonds is 7. The summed E-state index contributed by atoms with van der Waals surface area (Å²) in [5, 5.41) is 14.9. The molecule has 2 aromatic carbocycles. The minimum atomic E-state index is -0.427. The summed E-state index contributed by atoms with van der Waals surface area (Å²) in [6.07, 6.45) is 0. The van der Waals surface area contributed by atoms with Crippen LogP contribution in [0.3, 0.4) is 0 Å². The van der Waals surface area contributed by atoms with Gasteiger partial charge in [0.05, 0.1) is 27.0 Å². The predicted molar refractivity (Wildman–Crippen MR) is 120 cm³/mol. The Hall–Kier alpha value is -3.56. The number of aliphatic hydroxyl groups is 1.